The van der Waals surface area contributed by atoms with E-state index < -0.39 is 0 Å². The minimum Gasteiger partial charge on any atom is -0.383 e. The van der Waals surface area contributed by atoms with Gasteiger partial charge in [-0.2, -0.15) is 0 Å². The number of anilines is 1. The van der Waals surface area contributed by atoms with Crippen molar-refractivity contribution in [2.24, 2.45) is 0 Å². The molecule has 20 heavy (non-hydrogen) atoms. The second kappa shape index (κ2) is 4.58. The lowest BCUT2D eigenvalue weighted by Crippen LogP contribution is -2.05. The van der Waals surface area contributed by atoms with E-state index in [0.717, 1.165) is 17.1 Å². The van der Waals surface area contributed by atoms with Crippen molar-refractivity contribution in [1.82, 2.24) is 9.97 Å². The molecule has 1 aromatic carbocycles. The van der Waals surface area contributed by atoms with Crippen LogP contribution in [0, 0.1) is 27.7 Å². The Morgan fingerprint density at radius 3 is 2.15 bits per heavy atom. The van der Waals surface area contributed by atoms with Crippen LogP contribution in [0.15, 0.2) is 12.1 Å². The highest BCUT2D eigenvalue weighted by atomic mass is 15.0. The molecule has 1 fully saturated rings. The summed E-state index contributed by atoms with van der Waals surface area (Å²) < 4.78 is 0. The Morgan fingerprint density at radius 1 is 1.00 bits per heavy atom. The van der Waals surface area contributed by atoms with Crippen molar-refractivity contribution >= 4 is 5.82 Å². The molecule has 2 N–H and O–H groups in total. The molecule has 2 aromatic rings. The van der Waals surface area contributed by atoms with Gasteiger partial charge in [-0.05, 0) is 51.7 Å². The summed E-state index contributed by atoms with van der Waals surface area (Å²) in [6, 6.07) is 4.41. The van der Waals surface area contributed by atoms with E-state index in [2.05, 4.69) is 37.9 Å². The average Bonchev–Trinajstić information content (AvgIpc) is 3.17. The van der Waals surface area contributed by atoms with Gasteiger partial charge in [0, 0.05) is 17.0 Å². The van der Waals surface area contributed by atoms with Crippen molar-refractivity contribution in [3.05, 3.63) is 40.2 Å². The summed E-state index contributed by atoms with van der Waals surface area (Å²) >= 11 is 0. The quantitative estimate of drug-likeness (QED) is 0.899. The average molecular weight is 267 g/mol. The van der Waals surface area contributed by atoms with Crippen LogP contribution in [0.4, 0.5) is 5.82 Å². The van der Waals surface area contributed by atoms with Gasteiger partial charge in [0.05, 0.1) is 5.69 Å². The molecule has 104 valence electrons. The van der Waals surface area contributed by atoms with Gasteiger partial charge in [0.15, 0.2) is 0 Å². The van der Waals surface area contributed by atoms with Gasteiger partial charge >= 0.3 is 0 Å². The number of rotatable bonds is 2. The van der Waals surface area contributed by atoms with Crippen LogP contribution in [0.25, 0.3) is 11.3 Å². The molecule has 0 spiro atoms. The lowest BCUT2D eigenvalue weighted by molar-refractivity contribution is 0.926. The lowest BCUT2D eigenvalue weighted by Gasteiger charge is -2.15. The molecule has 0 saturated heterocycles. The van der Waals surface area contributed by atoms with Crippen molar-refractivity contribution in [3.8, 4) is 11.3 Å². The molecule has 1 aliphatic rings. The van der Waals surface area contributed by atoms with Gasteiger partial charge in [-0.25, -0.2) is 9.97 Å². The number of nitrogen functional groups attached to an aromatic ring is 1. The van der Waals surface area contributed by atoms with Crippen LogP contribution in [0.3, 0.4) is 0 Å². The van der Waals surface area contributed by atoms with Crippen LogP contribution in [0.5, 0.6) is 0 Å². The molecular formula is C17H21N3. The van der Waals surface area contributed by atoms with Crippen LogP contribution in [0.2, 0.25) is 0 Å². The first-order chi connectivity index (χ1) is 9.47. The second-order valence-corrected chi connectivity index (χ2v) is 5.99. The van der Waals surface area contributed by atoms with E-state index >= 15 is 0 Å². The van der Waals surface area contributed by atoms with Crippen molar-refractivity contribution in [3.63, 3.8) is 0 Å². The molecule has 1 aliphatic carbocycles. The Labute approximate surface area is 120 Å². The predicted octanol–water partition coefficient (Wildman–Crippen LogP) is 3.84. The summed E-state index contributed by atoms with van der Waals surface area (Å²) in [5.74, 6) is 2.06. The summed E-state index contributed by atoms with van der Waals surface area (Å²) in [7, 11) is 0. The van der Waals surface area contributed by atoms with E-state index in [4.69, 9.17) is 10.7 Å². The van der Waals surface area contributed by atoms with Gasteiger partial charge in [-0.3, -0.25) is 0 Å². The number of nitrogens with two attached hydrogens (primary N) is 1. The Hall–Kier alpha value is -1.90. The van der Waals surface area contributed by atoms with Crippen LogP contribution in [0.1, 0.15) is 46.8 Å². The third-order valence-corrected chi connectivity index (χ3v) is 4.06. The SMILES string of the molecule is Cc1cc(C)c(-c2nc(C3CC3)nc(N)c2C)c(C)c1. The molecule has 0 amide bonds. The summed E-state index contributed by atoms with van der Waals surface area (Å²) in [5.41, 5.74) is 13.1. The molecule has 0 bridgehead atoms. The van der Waals surface area contributed by atoms with Crippen molar-refractivity contribution in [2.75, 3.05) is 5.73 Å². The van der Waals surface area contributed by atoms with Crippen molar-refractivity contribution in [2.45, 2.75) is 46.5 Å². The molecule has 0 radical (unpaired) electrons. The van der Waals surface area contributed by atoms with E-state index in [-0.39, 0.29) is 0 Å². The second-order valence-electron chi connectivity index (χ2n) is 5.99. The standard InChI is InChI=1S/C17H21N3/c1-9-7-10(2)14(11(3)8-9)15-12(4)16(18)20-17(19-15)13-5-6-13/h7-8,13H,5-6H2,1-4H3,(H2,18,19,20). The Kier molecular flexibility index (Phi) is 3.00. The van der Waals surface area contributed by atoms with E-state index in [1.54, 1.807) is 0 Å². The summed E-state index contributed by atoms with van der Waals surface area (Å²) in [5, 5.41) is 0. The largest absolute Gasteiger partial charge is 0.383 e. The Balaban J connectivity index is 2.23. The highest BCUT2D eigenvalue weighted by Gasteiger charge is 2.28. The van der Waals surface area contributed by atoms with Crippen LogP contribution in [-0.2, 0) is 0 Å². The first-order valence-corrected chi connectivity index (χ1v) is 7.19. The predicted molar refractivity (Wildman–Crippen MR) is 82.8 cm³/mol. The molecule has 3 rings (SSSR count). The number of hydrogen-bond acceptors (Lipinski definition) is 3. The molecule has 1 heterocycles. The van der Waals surface area contributed by atoms with Gasteiger partial charge in [0.1, 0.15) is 11.6 Å². The molecule has 3 nitrogen and oxygen atoms in total. The summed E-state index contributed by atoms with van der Waals surface area (Å²) in [6.07, 6.45) is 2.38. The molecule has 0 aliphatic heterocycles. The Morgan fingerprint density at radius 2 is 1.60 bits per heavy atom. The lowest BCUT2D eigenvalue weighted by atomic mass is 9.95. The maximum absolute atomic E-state index is 6.10. The fourth-order valence-electron chi connectivity index (χ4n) is 2.87. The zero-order chi connectivity index (χ0) is 14.4. The molecular weight excluding hydrogens is 246 g/mol. The van der Waals surface area contributed by atoms with Gasteiger partial charge in [-0.15, -0.1) is 0 Å². The van der Waals surface area contributed by atoms with Gasteiger partial charge in [0.25, 0.3) is 0 Å². The number of aromatic nitrogens is 2. The fraction of sp³-hybridized carbons (Fsp3) is 0.412. The smallest absolute Gasteiger partial charge is 0.134 e. The maximum atomic E-state index is 6.10. The van der Waals surface area contributed by atoms with Gasteiger partial charge < -0.3 is 5.73 Å². The zero-order valence-electron chi connectivity index (χ0n) is 12.6. The first-order valence-electron chi connectivity index (χ1n) is 7.19. The van der Waals surface area contributed by atoms with Crippen molar-refractivity contribution < 1.29 is 0 Å². The highest BCUT2D eigenvalue weighted by molar-refractivity contribution is 5.73. The highest BCUT2D eigenvalue weighted by Crippen LogP contribution is 2.40. The topological polar surface area (TPSA) is 51.8 Å². The minimum absolute atomic E-state index is 0.516. The number of aryl methyl sites for hydroxylation is 3. The van der Waals surface area contributed by atoms with E-state index in [1.807, 2.05) is 6.92 Å². The summed E-state index contributed by atoms with van der Waals surface area (Å²) in [6.45, 7) is 8.43. The molecule has 1 aromatic heterocycles. The maximum Gasteiger partial charge on any atom is 0.134 e. The monoisotopic (exact) mass is 267 g/mol. The molecule has 0 unspecified atom stereocenters. The molecule has 0 atom stereocenters. The number of benzene rings is 1. The van der Waals surface area contributed by atoms with E-state index in [1.165, 1.54) is 35.1 Å². The normalized spacial score (nSPS) is 14.6. The van der Waals surface area contributed by atoms with Crippen LogP contribution in [-0.4, -0.2) is 9.97 Å². The van der Waals surface area contributed by atoms with Crippen LogP contribution < -0.4 is 5.73 Å². The Bertz CT molecular complexity index is 662. The molecule has 3 heteroatoms. The minimum atomic E-state index is 0.516. The first kappa shape index (κ1) is 13.1. The number of nitrogens with zero attached hydrogens (tertiary/aromatic N) is 2. The van der Waals surface area contributed by atoms with Gasteiger partial charge in [-0.1, -0.05) is 17.7 Å². The number of hydrogen-bond donors (Lipinski definition) is 1. The van der Waals surface area contributed by atoms with Gasteiger partial charge in [0.2, 0.25) is 0 Å². The third kappa shape index (κ3) is 2.17. The van der Waals surface area contributed by atoms with E-state index in [0.29, 0.717) is 11.7 Å². The zero-order valence-corrected chi connectivity index (χ0v) is 12.6. The third-order valence-electron chi connectivity index (χ3n) is 4.06. The summed E-state index contributed by atoms with van der Waals surface area (Å²) in [4.78, 5) is 9.29. The fourth-order valence-corrected chi connectivity index (χ4v) is 2.87. The van der Waals surface area contributed by atoms with Crippen molar-refractivity contribution in [1.29, 1.82) is 0 Å². The van der Waals surface area contributed by atoms with E-state index in [9.17, 15) is 0 Å². The van der Waals surface area contributed by atoms with Crippen LogP contribution >= 0.6 is 0 Å². The molecule has 1 saturated carbocycles.